The first-order valence-corrected chi connectivity index (χ1v) is 15.0. The number of rotatable bonds is 9. The third-order valence-corrected chi connectivity index (χ3v) is 9.57. The summed E-state index contributed by atoms with van der Waals surface area (Å²) in [6.45, 7) is 3.93. The number of sulfonamides is 1. The van der Waals surface area contributed by atoms with Crippen molar-refractivity contribution in [3.05, 3.63) is 95.9 Å². The van der Waals surface area contributed by atoms with Crippen molar-refractivity contribution in [1.29, 1.82) is 0 Å². The largest absolute Gasteiger partial charge is 0.233 e. The number of nitrogens with one attached hydrogen (secondary N) is 1. The van der Waals surface area contributed by atoms with Crippen LogP contribution >= 0.6 is 0 Å². The predicted octanol–water partition coefficient (Wildman–Crippen LogP) is 4.24. The molecule has 0 aliphatic rings. The van der Waals surface area contributed by atoms with E-state index in [1.54, 1.807) is 23.0 Å². The first-order chi connectivity index (χ1) is 16.8. The van der Waals surface area contributed by atoms with Gasteiger partial charge in [-0.15, -0.1) is 0 Å². The average molecular weight is 530 g/mol. The first kappa shape index (κ1) is 26.0. The van der Waals surface area contributed by atoms with Gasteiger partial charge in [-0.05, 0) is 52.9 Å². The Morgan fingerprint density at radius 1 is 0.944 bits per heavy atom. The fraction of sp³-hybridized carbons (Fsp3) is 0.269. The van der Waals surface area contributed by atoms with Gasteiger partial charge in [0, 0.05) is 24.1 Å². The van der Waals surface area contributed by atoms with Crippen molar-refractivity contribution in [3.8, 4) is 5.69 Å². The van der Waals surface area contributed by atoms with Gasteiger partial charge in [0.15, 0.2) is 14.9 Å². The maximum atomic E-state index is 13.4. The van der Waals surface area contributed by atoms with E-state index in [0.717, 1.165) is 34.0 Å². The van der Waals surface area contributed by atoms with Crippen LogP contribution in [0.25, 0.3) is 16.6 Å². The summed E-state index contributed by atoms with van der Waals surface area (Å²) in [5.74, 6) is -0.532. The Labute approximate surface area is 210 Å². The highest BCUT2D eigenvalue weighted by molar-refractivity contribution is 8.06. The number of sulfone groups is 1. The van der Waals surface area contributed by atoms with Gasteiger partial charge in [-0.1, -0.05) is 50.2 Å². The molecule has 3 aromatic carbocycles. The molecule has 1 unspecified atom stereocenters. The van der Waals surface area contributed by atoms with Crippen LogP contribution in [0.1, 0.15) is 30.9 Å². The van der Waals surface area contributed by atoms with Crippen molar-refractivity contribution >= 4 is 30.8 Å². The molecule has 0 fully saturated rings. The number of hydrogen-bond donors (Lipinski definition) is 1. The summed E-state index contributed by atoms with van der Waals surface area (Å²) >= 11 is 0. The molecular weight excluding hydrogens is 501 g/mol. The van der Waals surface area contributed by atoms with E-state index in [0.29, 0.717) is 0 Å². The highest BCUT2D eigenvalue weighted by atomic mass is 32.3. The van der Waals surface area contributed by atoms with Gasteiger partial charge in [-0.3, -0.25) is 0 Å². The molecule has 1 heterocycles. The van der Waals surface area contributed by atoms with Crippen molar-refractivity contribution in [1.82, 2.24) is 14.5 Å². The lowest BCUT2D eigenvalue weighted by Gasteiger charge is -2.35. The van der Waals surface area contributed by atoms with Crippen LogP contribution in [0, 0.1) is 11.2 Å². The summed E-state index contributed by atoms with van der Waals surface area (Å²) < 4.78 is 65.5. The minimum absolute atomic E-state index is 0.0390. The van der Waals surface area contributed by atoms with E-state index in [1.165, 1.54) is 12.1 Å². The lowest BCUT2D eigenvalue weighted by molar-refractivity contribution is 0.317. The van der Waals surface area contributed by atoms with E-state index in [9.17, 15) is 21.2 Å². The van der Waals surface area contributed by atoms with Crippen LogP contribution in [-0.4, -0.2) is 44.5 Å². The van der Waals surface area contributed by atoms with Crippen molar-refractivity contribution in [2.45, 2.75) is 19.8 Å². The monoisotopic (exact) mass is 529 g/mol. The Morgan fingerprint density at radius 3 is 2.25 bits per heavy atom. The minimum Gasteiger partial charge on any atom is -0.233 e. The molecular formula is C26H28FN3O4S2. The third kappa shape index (κ3) is 6.00. The smallest absolute Gasteiger partial charge is 0.226 e. The molecule has 4 rings (SSSR count). The fourth-order valence-corrected chi connectivity index (χ4v) is 7.66. The van der Waals surface area contributed by atoms with Gasteiger partial charge >= 0.3 is 0 Å². The Hall–Kier alpha value is -3.08. The Balaban J connectivity index is 1.71. The highest BCUT2D eigenvalue weighted by Crippen LogP contribution is 2.41. The zero-order valence-electron chi connectivity index (χ0n) is 20.2. The van der Waals surface area contributed by atoms with Crippen LogP contribution in [-0.2, 0) is 19.9 Å². The maximum Gasteiger partial charge on any atom is 0.226 e. The summed E-state index contributed by atoms with van der Waals surface area (Å²) in [5.41, 5.74) is 2.92. The molecule has 1 N–H and O–H groups in total. The lowest BCUT2D eigenvalue weighted by atomic mass is 9.71. The van der Waals surface area contributed by atoms with Crippen molar-refractivity contribution in [3.63, 3.8) is 0 Å². The van der Waals surface area contributed by atoms with Crippen LogP contribution < -0.4 is 4.72 Å². The van der Waals surface area contributed by atoms with Crippen LogP contribution in [0.5, 0.6) is 0 Å². The lowest BCUT2D eigenvalue weighted by Crippen LogP contribution is -2.40. The highest BCUT2D eigenvalue weighted by Gasteiger charge is 2.34. The number of fused-ring (bicyclic) bond motifs is 1. The Kier molecular flexibility index (Phi) is 7.05. The predicted molar refractivity (Wildman–Crippen MR) is 140 cm³/mol. The maximum absolute atomic E-state index is 13.4. The SMILES string of the molecule is CC(C)(CNS(=O)(=O)CS(C)(=O)=O)C(c1ccccc1)c1ccc2c(cnn2-c2ccc(F)cc2)c1. The summed E-state index contributed by atoms with van der Waals surface area (Å²) in [7, 11) is -7.72. The zero-order chi connectivity index (χ0) is 26.1. The first-order valence-electron chi connectivity index (χ1n) is 11.3. The van der Waals surface area contributed by atoms with Gasteiger partial charge in [-0.2, -0.15) is 5.10 Å². The molecule has 0 spiro atoms. The van der Waals surface area contributed by atoms with E-state index in [4.69, 9.17) is 0 Å². The average Bonchev–Trinajstić information content (AvgIpc) is 3.21. The molecule has 0 aliphatic carbocycles. The van der Waals surface area contributed by atoms with Crippen molar-refractivity contribution in [2.75, 3.05) is 17.9 Å². The molecule has 0 radical (unpaired) electrons. The normalized spacial score (nSPS) is 13.7. The van der Waals surface area contributed by atoms with E-state index >= 15 is 0 Å². The van der Waals surface area contributed by atoms with Crippen molar-refractivity contribution in [2.24, 2.45) is 5.41 Å². The number of halogens is 1. The van der Waals surface area contributed by atoms with Gasteiger partial charge in [-0.25, -0.2) is 30.6 Å². The molecule has 0 amide bonds. The second kappa shape index (κ2) is 9.76. The molecule has 36 heavy (non-hydrogen) atoms. The van der Waals surface area contributed by atoms with Gasteiger partial charge < -0.3 is 0 Å². The Bertz CT molecular complexity index is 1580. The van der Waals surface area contributed by atoms with Crippen LogP contribution in [0.3, 0.4) is 0 Å². The molecule has 0 saturated heterocycles. The molecule has 1 atom stereocenters. The van der Waals surface area contributed by atoms with Crippen LogP contribution in [0.4, 0.5) is 4.39 Å². The molecule has 190 valence electrons. The molecule has 4 aromatic rings. The molecule has 0 aliphatic heterocycles. The van der Waals surface area contributed by atoms with Gasteiger partial charge in [0.1, 0.15) is 5.82 Å². The second-order valence-corrected chi connectivity index (χ2v) is 14.0. The Morgan fingerprint density at radius 2 is 1.61 bits per heavy atom. The number of aromatic nitrogens is 2. The number of benzene rings is 3. The van der Waals surface area contributed by atoms with Crippen molar-refractivity contribution < 1.29 is 21.2 Å². The van der Waals surface area contributed by atoms with Gasteiger partial charge in [0.05, 0.1) is 17.4 Å². The molecule has 1 aromatic heterocycles. The van der Waals surface area contributed by atoms with Crippen LogP contribution in [0.15, 0.2) is 79.0 Å². The molecule has 0 saturated carbocycles. The summed E-state index contributed by atoms with van der Waals surface area (Å²) in [4.78, 5) is 0. The quantitative estimate of drug-likeness (QED) is 0.350. The molecule has 7 nitrogen and oxygen atoms in total. The number of nitrogens with zero attached hydrogens (tertiary/aromatic N) is 2. The standard InChI is InChI=1S/C26H28FN3O4S2/c1-26(2,17-29-36(33,34)18-35(3,31)32)25(19-7-5-4-6-8-19)20-9-14-24-21(15-20)16-28-30(24)23-12-10-22(27)11-13-23/h4-16,25,29H,17-18H2,1-3H3. The van der Waals surface area contributed by atoms with Gasteiger partial charge in [0.25, 0.3) is 0 Å². The topological polar surface area (TPSA) is 98.1 Å². The third-order valence-electron chi connectivity index (χ3n) is 6.03. The summed E-state index contributed by atoms with van der Waals surface area (Å²) in [6, 6.07) is 21.8. The summed E-state index contributed by atoms with van der Waals surface area (Å²) in [5, 5.41) is 4.40. The summed E-state index contributed by atoms with van der Waals surface area (Å²) in [6.07, 6.45) is 2.64. The van der Waals surface area contributed by atoms with Gasteiger partial charge in [0.2, 0.25) is 10.0 Å². The van der Waals surface area contributed by atoms with E-state index in [-0.39, 0.29) is 18.3 Å². The molecule has 10 heteroatoms. The van der Waals surface area contributed by atoms with Crippen LogP contribution in [0.2, 0.25) is 0 Å². The fourth-order valence-electron chi connectivity index (χ4n) is 4.48. The van der Waals surface area contributed by atoms with E-state index in [2.05, 4.69) is 9.82 Å². The number of hydrogen-bond acceptors (Lipinski definition) is 5. The van der Waals surface area contributed by atoms with E-state index < -0.39 is 30.4 Å². The minimum atomic E-state index is -4.01. The second-order valence-electron chi connectivity index (χ2n) is 9.66. The molecule has 0 bridgehead atoms. The van der Waals surface area contributed by atoms with E-state index in [1.807, 2.05) is 62.4 Å². The zero-order valence-corrected chi connectivity index (χ0v) is 21.9.